The van der Waals surface area contributed by atoms with E-state index in [1.165, 1.54) is 23.6 Å². The molecule has 5 atom stereocenters. The Morgan fingerprint density at radius 2 is 1.58 bits per heavy atom. The Bertz CT molecular complexity index is 1430. The number of nitrogens with zero attached hydrogens (tertiary/aromatic N) is 1. The first-order valence-electron chi connectivity index (χ1n) is 12.8. The summed E-state index contributed by atoms with van der Waals surface area (Å²) in [4.78, 5) is 53.6. The number of esters is 1. The fourth-order valence-electron chi connectivity index (χ4n) is 6.66. The van der Waals surface area contributed by atoms with Crippen LogP contribution in [0.3, 0.4) is 0 Å². The smallest absolute Gasteiger partial charge is 0.338 e. The minimum absolute atomic E-state index is 0.143. The number of ketones is 1. The number of hydrogen-bond donors (Lipinski definition) is 0. The largest absolute Gasteiger partial charge is 0.497 e. The molecule has 3 aromatic carbocycles. The van der Waals surface area contributed by atoms with Crippen LogP contribution in [-0.2, 0) is 14.3 Å². The summed E-state index contributed by atoms with van der Waals surface area (Å²) in [6, 6.07) is 23.1. The van der Waals surface area contributed by atoms with Crippen LogP contribution < -0.4 is 9.64 Å². The summed E-state index contributed by atoms with van der Waals surface area (Å²) in [5, 5.41) is 0. The number of benzene rings is 3. The third-order valence-corrected chi connectivity index (χ3v) is 8.31. The molecule has 1 aliphatic heterocycles. The molecule has 7 heteroatoms. The van der Waals surface area contributed by atoms with E-state index in [1.807, 2.05) is 18.2 Å². The number of amides is 2. The van der Waals surface area contributed by atoms with Crippen LogP contribution in [0.1, 0.15) is 45.0 Å². The Kier molecular flexibility index (Phi) is 6.06. The van der Waals surface area contributed by atoms with Gasteiger partial charge in [-0.25, -0.2) is 4.79 Å². The fourth-order valence-corrected chi connectivity index (χ4v) is 6.66. The van der Waals surface area contributed by atoms with Gasteiger partial charge < -0.3 is 9.47 Å². The van der Waals surface area contributed by atoms with Crippen LogP contribution in [0, 0.1) is 23.7 Å². The lowest BCUT2D eigenvalue weighted by Gasteiger charge is -2.28. The lowest BCUT2D eigenvalue weighted by Crippen LogP contribution is -2.33. The lowest BCUT2D eigenvalue weighted by atomic mass is 9.73. The summed E-state index contributed by atoms with van der Waals surface area (Å²) in [6.07, 6.45) is 1.81. The molecule has 0 N–H and O–H groups in total. The van der Waals surface area contributed by atoms with Gasteiger partial charge in [0.2, 0.25) is 11.8 Å². The third-order valence-electron chi connectivity index (χ3n) is 8.31. The van der Waals surface area contributed by atoms with Crippen LogP contribution in [0.5, 0.6) is 5.75 Å². The minimum Gasteiger partial charge on any atom is -0.497 e. The van der Waals surface area contributed by atoms with Crippen molar-refractivity contribution in [3.63, 3.8) is 0 Å². The normalized spacial score (nSPS) is 25.4. The number of imide groups is 1. The number of methoxy groups -OCH3 is 1. The topological polar surface area (TPSA) is 90.0 Å². The molecule has 2 amide bonds. The standard InChI is InChI=1S/C31H27NO6/c1-37-23-12-6-9-19(14-23)26(33)17-38-31(36)20-10-5-11-22(13-20)32-29(34)27-21-15-24(18-7-3-2-4-8-18)25(16-21)28(27)30(32)35/h2-14,21,24-25,27-28H,15-17H2,1H3. The monoisotopic (exact) mass is 509 g/mol. The molecule has 5 unspecified atom stereocenters. The van der Waals surface area contributed by atoms with E-state index in [2.05, 4.69) is 12.1 Å². The number of Topliss-reactive ketones (excluding diaryl/α,β-unsaturated/α-hetero) is 1. The van der Waals surface area contributed by atoms with E-state index >= 15 is 0 Å². The molecule has 0 radical (unpaired) electrons. The van der Waals surface area contributed by atoms with Gasteiger partial charge in [-0.3, -0.25) is 19.3 Å². The van der Waals surface area contributed by atoms with Crippen molar-refractivity contribution in [3.05, 3.63) is 95.6 Å². The Morgan fingerprint density at radius 3 is 2.37 bits per heavy atom. The van der Waals surface area contributed by atoms with Crippen LogP contribution in [0.25, 0.3) is 0 Å². The second-order valence-corrected chi connectivity index (χ2v) is 10.3. The second kappa shape index (κ2) is 9.56. The lowest BCUT2D eigenvalue weighted by molar-refractivity contribution is -0.123. The first kappa shape index (κ1) is 24.1. The van der Waals surface area contributed by atoms with Gasteiger partial charge >= 0.3 is 5.97 Å². The van der Waals surface area contributed by atoms with Crippen LogP contribution in [0.2, 0.25) is 0 Å². The molecule has 0 spiro atoms. The molecule has 38 heavy (non-hydrogen) atoms. The highest BCUT2D eigenvalue weighted by molar-refractivity contribution is 6.23. The van der Waals surface area contributed by atoms with Crippen molar-refractivity contribution < 1.29 is 28.7 Å². The molecule has 3 aliphatic rings. The van der Waals surface area contributed by atoms with Crippen molar-refractivity contribution in [2.24, 2.45) is 23.7 Å². The van der Waals surface area contributed by atoms with Crippen molar-refractivity contribution in [3.8, 4) is 5.75 Å². The number of hydrogen-bond acceptors (Lipinski definition) is 6. The zero-order valence-corrected chi connectivity index (χ0v) is 20.9. The summed E-state index contributed by atoms with van der Waals surface area (Å²) >= 11 is 0. The van der Waals surface area contributed by atoms with E-state index in [0.29, 0.717) is 17.0 Å². The Hall–Kier alpha value is -4.26. The number of carbonyl (C=O) groups excluding carboxylic acids is 4. The Balaban J connectivity index is 1.17. The minimum atomic E-state index is -0.702. The SMILES string of the molecule is COc1cccc(C(=O)COC(=O)c2cccc(N3C(=O)C4C5CC(c6ccccc6)C(C5)C4C3=O)c2)c1. The zero-order valence-electron chi connectivity index (χ0n) is 20.9. The molecule has 7 nitrogen and oxygen atoms in total. The van der Waals surface area contributed by atoms with Gasteiger partial charge in [-0.1, -0.05) is 48.5 Å². The molecule has 3 aromatic rings. The zero-order chi connectivity index (χ0) is 26.4. The molecule has 2 saturated carbocycles. The molecule has 1 heterocycles. The van der Waals surface area contributed by atoms with E-state index in [9.17, 15) is 19.2 Å². The summed E-state index contributed by atoms with van der Waals surface area (Å²) in [5.74, 6) is -0.931. The fraction of sp³-hybridized carbons (Fsp3) is 0.290. The van der Waals surface area contributed by atoms with Gasteiger partial charge in [-0.2, -0.15) is 0 Å². The number of fused-ring (bicyclic) bond motifs is 5. The Morgan fingerprint density at radius 1 is 0.842 bits per heavy atom. The predicted molar refractivity (Wildman–Crippen MR) is 139 cm³/mol. The van der Waals surface area contributed by atoms with Gasteiger partial charge in [-0.05, 0) is 66.5 Å². The van der Waals surface area contributed by atoms with Gasteiger partial charge in [0.25, 0.3) is 0 Å². The highest BCUT2D eigenvalue weighted by Gasteiger charge is 2.64. The maximum Gasteiger partial charge on any atom is 0.338 e. The molecular weight excluding hydrogens is 482 g/mol. The molecule has 0 aromatic heterocycles. The number of anilines is 1. The van der Waals surface area contributed by atoms with Crippen molar-refractivity contribution in [2.45, 2.75) is 18.8 Å². The van der Waals surface area contributed by atoms with E-state index in [1.54, 1.807) is 42.5 Å². The summed E-state index contributed by atoms with van der Waals surface area (Å²) < 4.78 is 10.4. The number of ether oxygens (including phenoxy) is 2. The summed E-state index contributed by atoms with van der Waals surface area (Å²) in [7, 11) is 1.51. The van der Waals surface area contributed by atoms with Gasteiger partial charge in [0.05, 0.1) is 30.2 Å². The summed E-state index contributed by atoms with van der Waals surface area (Å²) in [6.45, 7) is -0.438. The van der Waals surface area contributed by atoms with Crippen molar-refractivity contribution in [1.29, 1.82) is 0 Å². The highest BCUT2D eigenvalue weighted by Crippen LogP contribution is 2.61. The molecule has 2 bridgehead atoms. The van der Waals surface area contributed by atoms with Crippen LogP contribution in [0.15, 0.2) is 78.9 Å². The van der Waals surface area contributed by atoms with Gasteiger partial charge in [0, 0.05) is 5.56 Å². The predicted octanol–water partition coefficient (Wildman–Crippen LogP) is 4.66. The Labute approximate surface area is 220 Å². The van der Waals surface area contributed by atoms with Crippen molar-refractivity contribution in [2.75, 3.05) is 18.6 Å². The van der Waals surface area contributed by atoms with E-state index < -0.39 is 12.6 Å². The maximum atomic E-state index is 13.6. The maximum absolute atomic E-state index is 13.6. The highest BCUT2D eigenvalue weighted by atomic mass is 16.5. The molecule has 3 fully saturated rings. The van der Waals surface area contributed by atoms with Crippen molar-refractivity contribution in [1.82, 2.24) is 0 Å². The molecule has 1 saturated heterocycles. The average molecular weight is 510 g/mol. The van der Waals surface area contributed by atoms with Gasteiger partial charge in [0.1, 0.15) is 5.75 Å². The van der Waals surface area contributed by atoms with Crippen LogP contribution >= 0.6 is 0 Å². The third kappa shape index (κ3) is 3.99. The average Bonchev–Trinajstić information content (AvgIpc) is 3.63. The second-order valence-electron chi connectivity index (χ2n) is 10.3. The van der Waals surface area contributed by atoms with Crippen LogP contribution in [-0.4, -0.2) is 37.3 Å². The molecule has 2 aliphatic carbocycles. The first-order chi connectivity index (χ1) is 18.5. The van der Waals surface area contributed by atoms with Crippen LogP contribution in [0.4, 0.5) is 5.69 Å². The molecule has 192 valence electrons. The van der Waals surface area contributed by atoms with E-state index in [-0.39, 0.29) is 52.8 Å². The quantitative estimate of drug-likeness (QED) is 0.261. The first-order valence-corrected chi connectivity index (χ1v) is 12.8. The molecule has 6 rings (SSSR count). The summed E-state index contributed by atoms with van der Waals surface area (Å²) in [5.41, 5.74) is 2.13. The van der Waals surface area contributed by atoms with E-state index in [4.69, 9.17) is 9.47 Å². The number of carbonyl (C=O) groups is 4. The number of rotatable bonds is 7. The van der Waals surface area contributed by atoms with Gasteiger partial charge in [-0.15, -0.1) is 0 Å². The van der Waals surface area contributed by atoms with E-state index in [0.717, 1.165) is 12.8 Å². The van der Waals surface area contributed by atoms with Gasteiger partial charge in [0.15, 0.2) is 12.4 Å². The molecular formula is C31H27NO6. The van der Waals surface area contributed by atoms with Crippen molar-refractivity contribution >= 4 is 29.3 Å².